The Hall–Kier alpha value is -2.87. The van der Waals surface area contributed by atoms with Crippen molar-refractivity contribution in [2.24, 2.45) is 5.73 Å². The first-order valence-corrected chi connectivity index (χ1v) is 8.91. The standard InChI is InChI=1S/C18H25N7O/c1-2-7-21-17-15(16(19)26)12-22-18(24-17)23-13-3-5-14(6-4-13)25-10-8-20-9-11-25/h3-6,12,20H,2,7-11H2,1H3,(H2,19,26)(H2,21,22,23,24). The summed E-state index contributed by atoms with van der Waals surface area (Å²) in [5.41, 5.74) is 7.77. The highest BCUT2D eigenvalue weighted by molar-refractivity contribution is 5.97. The molecular formula is C18H25N7O. The fourth-order valence-electron chi connectivity index (χ4n) is 2.81. The van der Waals surface area contributed by atoms with E-state index in [1.54, 1.807) is 0 Å². The number of benzene rings is 1. The second-order valence-corrected chi connectivity index (χ2v) is 6.16. The molecule has 8 heteroatoms. The van der Waals surface area contributed by atoms with Gasteiger partial charge in [0.2, 0.25) is 5.95 Å². The molecular weight excluding hydrogens is 330 g/mol. The van der Waals surface area contributed by atoms with Gasteiger partial charge in [0, 0.05) is 50.3 Å². The highest BCUT2D eigenvalue weighted by Crippen LogP contribution is 2.21. The fourth-order valence-corrected chi connectivity index (χ4v) is 2.81. The van der Waals surface area contributed by atoms with E-state index < -0.39 is 5.91 Å². The summed E-state index contributed by atoms with van der Waals surface area (Å²) >= 11 is 0. The van der Waals surface area contributed by atoms with Crippen molar-refractivity contribution in [3.8, 4) is 0 Å². The van der Waals surface area contributed by atoms with Crippen molar-refractivity contribution in [3.05, 3.63) is 36.0 Å². The Labute approximate surface area is 153 Å². The minimum atomic E-state index is -0.546. The lowest BCUT2D eigenvalue weighted by molar-refractivity contribution is 0.100. The van der Waals surface area contributed by atoms with Crippen LogP contribution in [0.4, 0.5) is 23.1 Å². The Morgan fingerprint density at radius 2 is 2.00 bits per heavy atom. The van der Waals surface area contributed by atoms with Crippen molar-refractivity contribution in [3.63, 3.8) is 0 Å². The van der Waals surface area contributed by atoms with E-state index in [-0.39, 0.29) is 5.56 Å². The highest BCUT2D eigenvalue weighted by Gasteiger charge is 2.13. The summed E-state index contributed by atoms with van der Waals surface area (Å²) in [7, 11) is 0. The number of amides is 1. The van der Waals surface area contributed by atoms with Gasteiger partial charge in [-0.05, 0) is 30.7 Å². The molecule has 1 aromatic heterocycles. The van der Waals surface area contributed by atoms with Gasteiger partial charge in [-0.1, -0.05) is 6.92 Å². The van der Waals surface area contributed by atoms with Crippen molar-refractivity contribution < 1.29 is 4.79 Å². The number of nitrogens with one attached hydrogen (secondary N) is 3. The lowest BCUT2D eigenvalue weighted by atomic mass is 10.2. The Kier molecular flexibility index (Phi) is 5.85. The largest absolute Gasteiger partial charge is 0.369 e. The minimum absolute atomic E-state index is 0.290. The molecule has 2 heterocycles. The molecule has 26 heavy (non-hydrogen) atoms. The Bertz CT molecular complexity index is 742. The third-order valence-corrected chi connectivity index (χ3v) is 4.20. The summed E-state index contributed by atoms with van der Waals surface area (Å²) in [6.07, 6.45) is 2.36. The van der Waals surface area contributed by atoms with Gasteiger partial charge in [-0.2, -0.15) is 4.98 Å². The summed E-state index contributed by atoms with van der Waals surface area (Å²) < 4.78 is 0. The third-order valence-electron chi connectivity index (χ3n) is 4.20. The molecule has 1 amide bonds. The molecule has 3 rings (SSSR count). The maximum atomic E-state index is 11.5. The smallest absolute Gasteiger partial charge is 0.254 e. The zero-order chi connectivity index (χ0) is 18.4. The molecule has 0 aliphatic carbocycles. The zero-order valence-electron chi connectivity index (χ0n) is 15.0. The van der Waals surface area contributed by atoms with Crippen LogP contribution in [0.1, 0.15) is 23.7 Å². The highest BCUT2D eigenvalue weighted by atomic mass is 16.1. The zero-order valence-corrected chi connectivity index (χ0v) is 15.0. The first kappa shape index (κ1) is 17.9. The molecule has 1 aliphatic heterocycles. The lowest BCUT2D eigenvalue weighted by Crippen LogP contribution is -2.43. The van der Waals surface area contributed by atoms with Crippen LogP contribution in [0, 0.1) is 0 Å². The van der Waals surface area contributed by atoms with Gasteiger partial charge in [0.1, 0.15) is 5.82 Å². The number of nitrogens with zero attached hydrogens (tertiary/aromatic N) is 3. The monoisotopic (exact) mass is 355 g/mol. The number of hydrogen-bond acceptors (Lipinski definition) is 7. The lowest BCUT2D eigenvalue weighted by Gasteiger charge is -2.29. The molecule has 0 atom stereocenters. The van der Waals surface area contributed by atoms with Gasteiger partial charge >= 0.3 is 0 Å². The summed E-state index contributed by atoms with van der Waals surface area (Å²) in [6.45, 7) is 6.78. The van der Waals surface area contributed by atoms with Gasteiger partial charge in [0.25, 0.3) is 5.91 Å². The number of carbonyl (C=O) groups excluding carboxylic acids is 1. The number of rotatable bonds is 7. The number of primary amides is 1. The first-order chi connectivity index (χ1) is 12.7. The van der Waals surface area contributed by atoms with Crippen LogP contribution < -0.4 is 26.6 Å². The van der Waals surface area contributed by atoms with Crippen molar-refractivity contribution in [1.82, 2.24) is 15.3 Å². The van der Waals surface area contributed by atoms with E-state index in [1.165, 1.54) is 11.9 Å². The van der Waals surface area contributed by atoms with E-state index in [9.17, 15) is 4.79 Å². The normalized spacial score (nSPS) is 14.1. The maximum absolute atomic E-state index is 11.5. The van der Waals surface area contributed by atoms with Crippen LogP contribution in [0.25, 0.3) is 0 Å². The fraction of sp³-hybridized carbons (Fsp3) is 0.389. The topological polar surface area (TPSA) is 108 Å². The number of aromatic nitrogens is 2. The molecule has 0 unspecified atom stereocenters. The summed E-state index contributed by atoms with van der Waals surface area (Å²) in [4.78, 5) is 22.4. The number of nitrogens with two attached hydrogens (primary N) is 1. The molecule has 1 aliphatic rings. The Morgan fingerprint density at radius 3 is 2.65 bits per heavy atom. The van der Waals surface area contributed by atoms with Gasteiger partial charge in [-0.15, -0.1) is 0 Å². The van der Waals surface area contributed by atoms with Crippen LogP contribution in [0.5, 0.6) is 0 Å². The van der Waals surface area contributed by atoms with Crippen LogP contribution in [0.2, 0.25) is 0 Å². The predicted octanol–water partition coefficient (Wildman–Crippen LogP) is 1.55. The van der Waals surface area contributed by atoms with Gasteiger partial charge in [-0.25, -0.2) is 4.98 Å². The number of anilines is 4. The number of hydrogen-bond donors (Lipinski definition) is 4. The summed E-state index contributed by atoms with van der Waals surface area (Å²) in [6, 6.07) is 8.17. The van der Waals surface area contributed by atoms with E-state index >= 15 is 0 Å². The van der Waals surface area contributed by atoms with Gasteiger partial charge < -0.3 is 26.6 Å². The van der Waals surface area contributed by atoms with Crippen molar-refractivity contribution in [2.45, 2.75) is 13.3 Å². The summed E-state index contributed by atoms with van der Waals surface area (Å²) in [5, 5.41) is 9.64. The molecule has 0 radical (unpaired) electrons. The van der Waals surface area contributed by atoms with Gasteiger partial charge in [0.05, 0.1) is 5.56 Å². The van der Waals surface area contributed by atoms with Crippen molar-refractivity contribution >= 4 is 29.0 Å². The molecule has 0 spiro atoms. The van der Waals surface area contributed by atoms with E-state index in [0.29, 0.717) is 18.3 Å². The third kappa shape index (κ3) is 4.40. The molecule has 8 nitrogen and oxygen atoms in total. The average molecular weight is 355 g/mol. The van der Waals surface area contributed by atoms with E-state index in [2.05, 4.69) is 43.0 Å². The Morgan fingerprint density at radius 1 is 1.27 bits per heavy atom. The molecule has 1 aromatic carbocycles. The quantitative estimate of drug-likeness (QED) is 0.597. The van der Waals surface area contributed by atoms with Crippen LogP contribution in [0.15, 0.2) is 30.5 Å². The molecule has 1 fully saturated rings. The molecule has 0 bridgehead atoms. The second kappa shape index (κ2) is 8.48. The van der Waals surface area contributed by atoms with Crippen molar-refractivity contribution in [2.75, 3.05) is 48.3 Å². The molecule has 0 saturated carbocycles. The molecule has 138 valence electrons. The average Bonchev–Trinajstić information content (AvgIpc) is 2.67. The summed E-state index contributed by atoms with van der Waals surface area (Å²) in [5.74, 6) is 0.327. The predicted molar refractivity (Wildman–Crippen MR) is 104 cm³/mol. The Balaban J connectivity index is 1.72. The van der Waals surface area contributed by atoms with E-state index in [1.807, 2.05) is 19.1 Å². The SMILES string of the molecule is CCCNc1nc(Nc2ccc(N3CCNCC3)cc2)ncc1C(N)=O. The van der Waals surface area contributed by atoms with Crippen LogP contribution >= 0.6 is 0 Å². The number of carbonyl (C=O) groups is 1. The molecule has 2 aromatic rings. The van der Waals surface area contributed by atoms with E-state index in [4.69, 9.17) is 5.73 Å². The van der Waals surface area contributed by atoms with Crippen LogP contribution in [0.3, 0.4) is 0 Å². The maximum Gasteiger partial charge on any atom is 0.254 e. The van der Waals surface area contributed by atoms with Gasteiger partial charge in [0.15, 0.2) is 0 Å². The molecule has 5 N–H and O–H groups in total. The molecule has 1 saturated heterocycles. The van der Waals surface area contributed by atoms with Crippen LogP contribution in [-0.4, -0.2) is 48.6 Å². The first-order valence-electron chi connectivity index (χ1n) is 8.91. The minimum Gasteiger partial charge on any atom is -0.369 e. The van der Waals surface area contributed by atoms with Gasteiger partial charge in [-0.3, -0.25) is 4.79 Å². The van der Waals surface area contributed by atoms with Crippen LogP contribution in [-0.2, 0) is 0 Å². The second-order valence-electron chi connectivity index (χ2n) is 6.16. The number of piperazine rings is 1. The van der Waals surface area contributed by atoms with Crippen molar-refractivity contribution in [1.29, 1.82) is 0 Å². The van der Waals surface area contributed by atoms with E-state index in [0.717, 1.165) is 38.3 Å².